The van der Waals surface area contributed by atoms with Gasteiger partial charge in [-0.25, -0.2) is 0 Å². The summed E-state index contributed by atoms with van der Waals surface area (Å²) >= 11 is 0. The molecule has 2 heterocycles. The topological polar surface area (TPSA) is 25.8 Å². The smallest absolute Gasteiger partial charge is 0.0787 e. The van der Waals surface area contributed by atoms with E-state index in [1.165, 1.54) is 38.4 Å². The second kappa shape index (κ2) is 5.14. The maximum atomic E-state index is 4.80. The maximum Gasteiger partial charge on any atom is 0.0787 e. The van der Waals surface area contributed by atoms with Crippen LogP contribution in [-0.2, 0) is 5.41 Å². The van der Waals surface area contributed by atoms with E-state index in [0.29, 0.717) is 5.92 Å². The molecule has 2 aromatic carbocycles. The van der Waals surface area contributed by atoms with Gasteiger partial charge in [0.05, 0.1) is 11.2 Å². The predicted octanol–water partition coefficient (Wildman–Crippen LogP) is 6.21. The Balaban J connectivity index is 2.00. The number of pyridine rings is 2. The van der Waals surface area contributed by atoms with E-state index in [4.69, 9.17) is 9.97 Å². The first-order chi connectivity index (χ1) is 12.5. The second-order valence-electron chi connectivity index (χ2n) is 8.17. The Hall–Kier alpha value is -2.74. The van der Waals surface area contributed by atoms with Crippen LogP contribution < -0.4 is 0 Å². The molecule has 5 rings (SSSR count). The largest absolute Gasteiger partial charge is 0.256 e. The quantitative estimate of drug-likeness (QED) is 0.412. The van der Waals surface area contributed by atoms with E-state index >= 15 is 0 Å². The molecule has 4 aromatic rings. The molecular formula is C24H22N2. The minimum absolute atomic E-state index is 0.123. The molecule has 0 saturated carbocycles. The van der Waals surface area contributed by atoms with E-state index in [1.807, 2.05) is 18.5 Å². The lowest BCUT2D eigenvalue weighted by Crippen LogP contribution is -2.25. The molecule has 0 aliphatic heterocycles. The number of hydrogen-bond donors (Lipinski definition) is 0. The molecular weight excluding hydrogens is 316 g/mol. The van der Waals surface area contributed by atoms with Crippen LogP contribution in [-0.4, -0.2) is 9.97 Å². The summed E-state index contributed by atoms with van der Waals surface area (Å²) < 4.78 is 0. The number of rotatable bonds is 1. The highest BCUT2D eigenvalue weighted by molar-refractivity contribution is 6.05. The highest BCUT2D eigenvalue weighted by Crippen LogP contribution is 2.50. The van der Waals surface area contributed by atoms with Crippen LogP contribution in [0.5, 0.6) is 0 Å². The molecule has 128 valence electrons. The summed E-state index contributed by atoms with van der Waals surface area (Å²) in [5, 5.41) is 3.77. The Kier molecular flexibility index (Phi) is 3.06. The van der Waals surface area contributed by atoms with E-state index in [1.54, 1.807) is 0 Å². The lowest BCUT2D eigenvalue weighted by molar-refractivity contribution is 0.646. The molecule has 0 saturated heterocycles. The molecule has 2 nitrogen and oxygen atoms in total. The molecule has 0 atom stereocenters. The van der Waals surface area contributed by atoms with Gasteiger partial charge in [-0.2, -0.15) is 0 Å². The Labute approximate surface area is 153 Å². The van der Waals surface area contributed by atoms with Crippen molar-refractivity contribution in [1.82, 2.24) is 9.97 Å². The van der Waals surface area contributed by atoms with E-state index in [-0.39, 0.29) is 5.41 Å². The third-order valence-electron chi connectivity index (χ3n) is 5.88. The molecule has 0 fully saturated rings. The molecule has 0 amide bonds. The first-order valence-electron chi connectivity index (χ1n) is 9.30. The van der Waals surface area contributed by atoms with Crippen LogP contribution in [0.3, 0.4) is 0 Å². The Morgan fingerprint density at radius 2 is 1.73 bits per heavy atom. The number of benzene rings is 2. The van der Waals surface area contributed by atoms with Crippen LogP contribution in [0.4, 0.5) is 0 Å². The van der Waals surface area contributed by atoms with Gasteiger partial charge >= 0.3 is 0 Å². The fourth-order valence-corrected chi connectivity index (χ4v) is 4.48. The zero-order valence-electron chi connectivity index (χ0n) is 15.7. The first kappa shape index (κ1) is 15.5. The third kappa shape index (κ3) is 1.93. The van der Waals surface area contributed by atoms with E-state index < -0.39 is 0 Å². The van der Waals surface area contributed by atoms with Gasteiger partial charge in [-0.05, 0) is 40.1 Å². The average Bonchev–Trinajstić information content (AvgIpc) is 2.64. The van der Waals surface area contributed by atoms with Crippen molar-refractivity contribution in [3.05, 3.63) is 71.5 Å². The van der Waals surface area contributed by atoms with Crippen molar-refractivity contribution in [3.8, 4) is 11.3 Å². The van der Waals surface area contributed by atoms with Crippen LogP contribution in [0, 0.1) is 0 Å². The Morgan fingerprint density at radius 3 is 2.54 bits per heavy atom. The highest BCUT2D eigenvalue weighted by atomic mass is 14.7. The van der Waals surface area contributed by atoms with Crippen LogP contribution in [0.15, 0.2) is 54.9 Å². The highest BCUT2D eigenvalue weighted by Gasteiger charge is 2.36. The number of fused-ring (bicyclic) bond motifs is 4. The van der Waals surface area contributed by atoms with Crippen molar-refractivity contribution in [1.29, 1.82) is 0 Å². The van der Waals surface area contributed by atoms with Gasteiger partial charge in [-0.3, -0.25) is 9.97 Å². The van der Waals surface area contributed by atoms with Gasteiger partial charge < -0.3 is 0 Å². The fraction of sp³-hybridized carbons (Fsp3) is 0.250. The van der Waals surface area contributed by atoms with Gasteiger partial charge in [0.15, 0.2) is 0 Å². The van der Waals surface area contributed by atoms with Crippen molar-refractivity contribution in [2.24, 2.45) is 0 Å². The number of hydrogen-bond acceptors (Lipinski definition) is 2. The molecule has 1 aliphatic carbocycles. The normalized spacial score (nSPS) is 14.8. The molecule has 0 bridgehead atoms. The Morgan fingerprint density at radius 1 is 0.885 bits per heavy atom. The van der Waals surface area contributed by atoms with E-state index in [0.717, 1.165) is 11.2 Å². The van der Waals surface area contributed by atoms with Crippen LogP contribution in [0.25, 0.3) is 32.9 Å². The Bertz CT molecular complexity index is 1190. The first-order valence-corrected chi connectivity index (χ1v) is 9.30. The molecule has 26 heavy (non-hydrogen) atoms. The van der Waals surface area contributed by atoms with Crippen molar-refractivity contribution in [2.75, 3.05) is 0 Å². The van der Waals surface area contributed by atoms with Crippen molar-refractivity contribution in [3.63, 3.8) is 0 Å². The van der Waals surface area contributed by atoms with Crippen molar-refractivity contribution < 1.29 is 0 Å². The predicted molar refractivity (Wildman–Crippen MR) is 109 cm³/mol. The lowest BCUT2D eigenvalue weighted by atomic mass is 9.68. The van der Waals surface area contributed by atoms with Gasteiger partial charge in [0.1, 0.15) is 0 Å². The second-order valence-corrected chi connectivity index (χ2v) is 8.17. The van der Waals surface area contributed by atoms with Gasteiger partial charge in [0, 0.05) is 34.1 Å². The minimum Gasteiger partial charge on any atom is -0.256 e. The van der Waals surface area contributed by atoms with Crippen LogP contribution in [0.2, 0.25) is 0 Å². The zero-order chi connectivity index (χ0) is 18.1. The summed E-state index contributed by atoms with van der Waals surface area (Å²) in [6.45, 7) is 9.18. The van der Waals surface area contributed by atoms with Crippen LogP contribution >= 0.6 is 0 Å². The van der Waals surface area contributed by atoms with Gasteiger partial charge in [-0.1, -0.05) is 58.0 Å². The molecule has 0 unspecified atom stereocenters. The molecule has 0 spiro atoms. The van der Waals surface area contributed by atoms with E-state index in [2.05, 4.69) is 64.1 Å². The lowest BCUT2D eigenvalue weighted by Gasteiger charge is -2.35. The fourth-order valence-electron chi connectivity index (χ4n) is 4.48. The van der Waals surface area contributed by atoms with Crippen LogP contribution in [0.1, 0.15) is 50.3 Å². The summed E-state index contributed by atoms with van der Waals surface area (Å²) in [4.78, 5) is 9.55. The summed E-state index contributed by atoms with van der Waals surface area (Å²) in [5.74, 6) is 0.495. The molecule has 0 radical (unpaired) electrons. The average molecular weight is 338 g/mol. The number of nitrogens with zero attached hydrogens (tertiary/aromatic N) is 2. The van der Waals surface area contributed by atoms with Crippen molar-refractivity contribution >= 4 is 21.7 Å². The molecule has 0 N–H and O–H groups in total. The number of aromatic nitrogens is 2. The van der Waals surface area contributed by atoms with Gasteiger partial charge in [-0.15, -0.1) is 0 Å². The SMILES string of the molecule is CC(C)c1cc2c3c(nccc3c1)-c1ccc3cccnc3c1C2(C)C. The summed E-state index contributed by atoms with van der Waals surface area (Å²) in [7, 11) is 0. The molecule has 1 aliphatic rings. The van der Waals surface area contributed by atoms with Gasteiger partial charge in [0.2, 0.25) is 0 Å². The maximum absolute atomic E-state index is 4.80. The van der Waals surface area contributed by atoms with Crippen molar-refractivity contribution in [2.45, 2.75) is 39.0 Å². The third-order valence-corrected chi connectivity index (χ3v) is 5.88. The summed E-state index contributed by atoms with van der Waals surface area (Å²) in [6.07, 6.45) is 3.84. The summed E-state index contributed by atoms with van der Waals surface area (Å²) in [5.41, 5.74) is 7.33. The monoisotopic (exact) mass is 338 g/mol. The summed E-state index contributed by atoms with van der Waals surface area (Å²) in [6, 6.07) is 15.4. The molecule has 2 aromatic heterocycles. The zero-order valence-corrected chi connectivity index (χ0v) is 15.7. The molecule has 2 heteroatoms. The van der Waals surface area contributed by atoms with Gasteiger partial charge in [0.25, 0.3) is 0 Å². The standard InChI is InChI=1S/C24H22N2/c1-14(2)17-12-16-9-11-26-23-18-8-7-15-6-5-10-25-22(15)21(18)24(3,4)19(13-17)20(16)23/h5-14H,1-4H3. The minimum atomic E-state index is -0.123. The van der Waals surface area contributed by atoms with E-state index in [9.17, 15) is 0 Å².